The Hall–Kier alpha value is -3.98. The third-order valence-corrected chi connectivity index (χ3v) is 6.42. The van der Waals surface area contributed by atoms with Gasteiger partial charge in [-0.1, -0.05) is 0 Å². The van der Waals surface area contributed by atoms with Gasteiger partial charge < -0.3 is 25.4 Å². The standard InChI is InChI=1S/C24H24N8O/c1-31-7-9-32(10-8-31)15-4-5-20(26-11-15)30-19-14-27-22(18-13-29-24(33)21(18)19)17-12-28-23-16(17)3-2-6-25-23/h2-6,11-12,14H,7-10,13H2,1H3,(H,25,28)(H,26,30)(H,29,33). The average molecular weight is 441 g/mol. The summed E-state index contributed by atoms with van der Waals surface area (Å²) in [7, 11) is 2.14. The summed E-state index contributed by atoms with van der Waals surface area (Å²) in [6, 6.07) is 7.93. The van der Waals surface area contributed by atoms with Crippen LogP contribution in [0.4, 0.5) is 17.2 Å². The number of likely N-dealkylation sites (N-methyl/N-ethyl adjacent to an activating group) is 1. The molecular formula is C24H24N8O. The Morgan fingerprint density at radius 1 is 1.03 bits per heavy atom. The highest BCUT2D eigenvalue weighted by molar-refractivity contribution is 6.06. The lowest BCUT2D eigenvalue weighted by molar-refractivity contribution is 0.0966. The molecule has 0 unspecified atom stereocenters. The fourth-order valence-electron chi connectivity index (χ4n) is 4.57. The van der Waals surface area contributed by atoms with Crippen molar-refractivity contribution < 1.29 is 4.79 Å². The first kappa shape index (κ1) is 19.7. The summed E-state index contributed by atoms with van der Waals surface area (Å²) in [6.45, 7) is 4.52. The quantitative estimate of drug-likeness (QED) is 0.448. The van der Waals surface area contributed by atoms with Crippen LogP contribution in [0.5, 0.6) is 0 Å². The van der Waals surface area contributed by atoms with E-state index in [2.05, 4.69) is 48.5 Å². The van der Waals surface area contributed by atoms with E-state index in [0.29, 0.717) is 23.6 Å². The van der Waals surface area contributed by atoms with Gasteiger partial charge in [0.15, 0.2) is 0 Å². The second-order valence-electron chi connectivity index (χ2n) is 8.48. The van der Waals surface area contributed by atoms with Crippen LogP contribution in [0.15, 0.2) is 49.1 Å². The SMILES string of the molecule is CN1CCN(c2ccc(Nc3cnc(-c4c[nH]c5ncccc45)c4c3C(=O)NC4)nc2)CC1. The number of anilines is 3. The van der Waals surface area contributed by atoms with Gasteiger partial charge in [0.05, 0.1) is 35.0 Å². The van der Waals surface area contributed by atoms with Gasteiger partial charge in [0.1, 0.15) is 11.5 Å². The molecule has 1 saturated heterocycles. The summed E-state index contributed by atoms with van der Waals surface area (Å²) in [5, 5.41) is 7.22. The third-order valence-electron chi connectivity index (χ3n) is 6.42. The van der Waals surface area contributed by atoms with E-state index in [1.165, 1.54) is 0 Å². The summed E-state index contributed by atoms with van der Waals surface area (Å²) in [5.41, 5.74) is 5.78. The number of hydrogen-bond donors (Lipinski definition) is 3. The van der Waals surface area contributed by atoms with Crippen molar-refractivity contribution in [3.05, 3.63) is 60.2 Å². The lowest BCUT2D eigenvalue weighted by Gasteiger charge is -2.33. The van der Waals surface area contributed by atoms with Gasteiger partial charge in [-0.15, -0.1) is 0 Å². The van der Waals surface area contributed by atoms with Crippen LogP contribution in [0, 0.1) is 0 Å². The van der Waals surface area contributed by atoms with Crippen molar-refractivity contribution in [2.24, 2.45) is 0 Å². The third kappa shape index (κ3) is 3.46. The van der Waals surface area contributed by atoms with Crippen molar-refractivity contribution in [1.82, 2.24) is 30.2 Å². The molecule has 6 rings (SSSR count). The second-order valence-corrected chi connectivity index (χ2v) is 8.48. The van der Waals surface area contributed by atoms with E-state index in [4.69, 9.17) is 4.98 Å². The first-order valence-electron chi connectivity index (χ1n) is 11.1. The number of aromatic nitrogens is 4. The monoisotopic (exact) mass is 440 g/mol. The molecule has 1 amide bonds. The minimum atomic E-state index is -0.108. The lowest BCUT2D eigenvalue weighted by atomic mass is 10.0. The van der Waals surface area contributed by atoms with Crippen molar-refractivity contribution in [2.75, 3.05) is 43.4 Å². The smallest absolute Gasteiger partial charge is 0.254 e. The van der Waals surface area contributed by atoms with Gasteiger partial charge in [-0.2, -0.15) is 0 Å². The summed E-state index contributed by atoms with van der Waals surface area (Å²) in [4.78, 5) is 34.3. The lowest BCUT2D eigenvalue weighted by Crippen LogP contribution is -2.44. The molecule has 1 fully saturated rings. The Bertz CT molecular complexity index is 1340. The molecule has 0 atom stereocenters. The molecule has 0 aromatic carbocycles. The van der Waals surface area contributed by atoms with Gasteiger partial charge in [-0.3, -0.25) is 9.78 Å². The average Bonchev–Trinajstić information content (AvgIpc) is 3.45. The molecule has 4 aromatic heterocycles. The number of carbonyl (C=O) groups excluding carboxylic acids is 1. The zero-order valence-electron chi connectivity index (χ0n) is 18.3. The molecule has 2 aliphatic rings. The molecule has 0 aliphatic carbocycles. The van der Waals surface area contributed by atoms with Crippen molar-refractivity contribution in [2.45, 2.75) is 6.54 Å². The predicted molar refractivity (Wildman–Crippen MR) is 128 cm³/mol. The minimum absolute atomic E-state index is 0.108. The molecule has 6 heterocycles. The molecule has 33 heavy (non-hydrogen) atoms. The Labute approximate surface area is 190 Å². The van der Waals surface area contributed by atoms with E-state index in [9.17, 15) is 4.79 Å². The normalized spacial score (nSPS) is 16.2. The summed E-state index contributed by atoms with van der Waals surface area (Å²) < 4.78 is 0. The number of hydrogen-bond acceptors (Lipinski definition) is 7. The van der Waals surface area contributed by atoms with Crippen molar-refractivity contribution >= 4 is 34.1 Å². The molecule has 166 valence electrons. The van der Waals surface area contributed by atoms with Gasteiger partial charge in [-0.05, 0) is 31.3 Å². The number of nitrogens with one attached hydrogen (secondary N) is 3. The van der Waals surface area contributed by atoms with Crippen LogP contribution < -0.4 is 15.5 Å². The fourth-order valence-corrected chi connectivity index (χ4v) is 4.57. The number of aromatic amines is 1. The van der Waals surface area contributed by atoms with Crippen molar-refractivity contribution in [3.63, 3.8) is 0 Å². The van der Waals surface area contributed by atoms with Gasteiger partial charge in [0, 0.05) is 61.6 Å². The first-order valence-corrected chi connectivity index (χ1v) is 11.1. The second kappa shape index (κ2) is 7.86. The van der Waals surface area contributed by atoms with Crippen molar-refractivity contribution in [1.29, 1.82) is 0 Å². The molecule has 4 aromatic rings. The van der Waals surface area contributed by atoms with Crippen LogP contribution in [0.25, 0.3) is 22.3 Å². The van der Waals surface area contributed by atoms with E-state index < -0.39 is 0 Å². The number of H-pyrrole nitrogens is 1. The van der Waals surface area contributed by atoms with Gasteiger partial charge in [0.25, 0.3) is 5.91 Å². The van der Waals surface area contributed by atoms with Crippen LogP contribution >= 0.6 is 0 Å². The maximum Gasteiger partial charge on any atom is 0.254 e. The number of rotatable bonds is 4. The molecule has 0 saturated carbocycles. The summed E-state index contributed by atoms with van der Waals surface area (Å²) in [5.74, 6) is 0.573. The molecule has 0 spiro atoms. The van der Waals surface area contributed by atoms with E-state index >= 15 is 0 Å². The van der Waals surface area contributed by atoms with Crippen LogP contribution in [-0.2, 0) is 6.54 Å². The topological polar surface area (TPSA) is 102 Å². The molecule has 0 radical (unpaired) electrons. The largest absolute Gasteiger partial charge is 0.368 e. The number of amides is 1. The van der Waals surface area contributed by atoms with Crippen LogP contribution in [0.2, 0.25) is 0 Å². The van der Waals surface area contributed by atoms with E-state index in [0.717, 1.165) is 59.7 Å². The highest BCUT2D eigenvalue weighted by atomic mass is 16.1. The highest BCUT2D eigenvalue weighted by Crippen LogP contribution is 2.35. The molecule has 9 nitrogen and oxygen atoms in total. The van der Waals surface area contributed by atoms with Gasteiger partial charge in [-0.25, -0.2) is 9.97 Å². The van der Waals surface area contributed by atoms with E-state index in [1.54, 1.807) is 12.4 Å². The Balaban J connectivity index is 1.31. The molecule has 9 heteroatoms. The van der Waals surface area contributed by atoms with Gasteiger partial charge in [0.2, 0.25) is 0 Å². The predicted octanol–water partition coefficient (Wildman–Crippen LogP) is 2.76. The Morgan fingerprint density at radius 3 is 2.73 bits per heavy atom. The number of carbonyl (C=O) groups is 1. The summed E-state index contributed by atoms with van der Waals surface area (Å²) in [6.07, 6.45) is 7.24. The maximum atomic E-state index is 12.7. The molecule has 2 aliphatic heterocycles. The van der Waals surface area contributed by atoms with Gasteiger partial charge >= 0.3 is 0 Å². The van der Waals surface area contributed by atoms with Crippen LogP contribution in [-0.4, -0.2) is 64.0 Å². The molecule has 0 bridgehead atoms. The molecule has 3 N–H and O–H groups in total. The minimum Gasteiger partial charge on any atom is -0.368 e. The van der Waals surface area contributed by atoms with Crippen molar-refractivity contribution in [3.8, 4) is 11.3 Å². The Morgan fingerprint density at radius 2 is 1.91 bits per heavy atom. The zero-order valence-corrected chi connectivity index (χ0v) is 18.3. The number of fused-ring (bicyclic) bond motifs is 2. The van der Waals surface area contributed by atoms with E-state index in [-0.39, 0.29) is 5.91 Å². The molecular weight excluding hydrogens is 416 g/mol. The fraction of sp³-hybridized carbons (Fsp3) is 0.250. The van der Waals surface area contributed by atoms with Crippen LogP contribution in [0.1, 0.15) is 15.9 Å². The maximum absolute atomic E-state index is 12.7. The zero-order chi connectivity index (χ0) is 22.4. The summed E-state index contributed by atoms with van der Waals surface area (Å²) >= 11 is 0. The highest BCUT2D eigenvalue weighted by Gasteiger charge is 2.28. The van der Waals surface area contributed by atoms with Crippen LogP contribution in [0.3, 0.4) is 0 Å². The Kier molecular flexibility index (Phi) is 4.69. The first-order chi connectivity index (χ1) is 16.2. The number of piperazine rings is 1. The van der Waals surface area contributed by atoms with E-state index in [1.807, 2.05) is 30.6 Å². The number of nitrogens with zero attached hydrogens (tertiary/aromatic N) is 5. The number of pyridine rings is 3.